The third-order valence-corrected chi connectivity index (χ3v) is 6.10. The number of nitrogens with one attached hydrogen (secondary N) is 2. The average molecular weight is 368 g/mol. The van der Waals surface area contributed by atoms with Crippen molar-refractivity contribution >= 4 is 5.91 Å². The van der Waals surface area contributed by atoms with Gasteiger partial charge in [0.1, 0.15) is 0 Å². The Morgan fingerprint density at radius 1 is 0.846 bits per heavy atom. The topological polar surface area (TPSA) is 53.6 Å². The molecule has 1 amide bonds. The van der Waals surface area contributed by atoms with Crippen molar-refractivity contribution in [1.29, 1.82) is 0 Å². The van der Waals surface area contributed by atoms with Crippen LogP contribution in [0.25, 0.3) is 0 Å². The van der Waals surface area contributed by atoms with E-state index in [0.29, 0.717) is 6.42 Å². The normalized spacial score (nSPS) is 30.6. The minimum atomic E-state index is -0.188. The van der Waals surface area contributed by atoms with Crippen molar-refractivity contribution in [2.45, 2.75) is 122 Å². The van der Waals surface area contributed by atoms with Crippen LogP contribution in [0.3, 0.4) is 0 Å². The number of amides is 1. The fourth-order valence-electron chi connectivity index (χ4n) is 5.93. The predicted molar refractivity (Wildman–Crippen MR) is 107 cm³/mol. The fraction of sp³-hybridized carbons (Fsp3) is 0.952. The summed E-state index contributed by atoms with van der Waals surface area (Å²) in [5, 5.41) is 9.35. The van der Waals surface area contributed by atoms with Gasteiger partial charge in [-0.2, -0.15) is 5.06 Å². The van der Waals surface area contributed by atoms with E-state index in [1.807, 2.05) is 0 Å². The summed E-state index contributed by atoms with van der Waals surface area (Å²) in [6.07, 6.45) is 5.12. The van der Waals surface area contributed by atoms with Gasteiger partial charge in [-0.05, 0) is 87.5 Å². The van der Waals surface area contributed by atoms with Crippen molar-refractivity contribution in [3.63, 3.8) is 0 Å². The second-order valence-electron chi connectivity index (χ2n) is 11.2. The van der Waals surface area contributed by atoms with Crippen molar-refractivity contribution in [3.05, 3.63) is 0 Å². The number of rotatable bonds is 1. The maximum atomic E-state index is 12.8. The highest BCUT2D eigenvalue weighted by atomic mass is 16.7. The first-order chi connectivity index (χ1) is 11.6. The SMILES string of the molecule is CON1C(C)(C)CCC(=O)NC2(CCC1(C)C)CC(C)(C)NC(C)(C)C2. The molecule has 152 valence electrons. The number of nitrogens with zero attached hydrogens (tertiary/aromatic N) is 1. The van der Waals surface area contributed by atoms with Crippen LogP contribution in [0.5, 0.6) is 0 Å². The molecule has 2 saturated heterocycles. The van der Waals surface area contributed by atoms with Gasteiger partial charge in [-0.3, -0.25) is 4.79 Å². The molecule has 2 N–H and O–H groups in total. The van der Waals surface area contributed by atoms with Crippen molar-refractivity contribution < 1.29 is 9.63 Å². The van der Waals surface area contributed by atoms with E-state index in [1.54, 1.807) is 7.11 Å². The lowest BCUT2D eigenvalue weighted by atomic mass is 9.67. The van der Waals surface area contributed by atoms with Crippen molar-refractivity contribution in [2.75, 3.05) is 7.11 Å². The predicted octanol–water partition coefficient (Wildman–Crippen LogP) is 3.78. The Hall–Kier alpha value is -0.650. The molecule has 0 aliphatic carbocycles. The van der Waals surface area contributed by atoms with Crippen molar-refractivity contribution in [1.82, 2.24) is 15.7 Å². The molecule has 2 fully saturated rings. The first-order valence-corrected chi connectivity index (χ1v) is 10.1. The first-order valence-electron chi connectivity index (χ1n) is 10.1. The van der Waals surface area contributed by atoms with Gasteiger partial charge in [0, 0.05) is 34.1 Å². The summed E-state index contributed by atoms with van der Waals surface area (Å²) in [5.41, 5.74) is -0.486. The third kappa shape index (κ3) is 4.79. The zero-order valence-electron chi connectivity index (χ0n) is 18.5. The number of hydrogen-bond donors (Lipinski definition) is 2. The van der Waals surface area contributed by atoms with Crippen LogP contribution >= 0.6 is 0 Å². The standard InChI is InChI=1S/C21H41N3O2/c1-17(2)14-21(15-18(3,4)23-17)13-12-20(7,8)24(26-9)19(5,6)11-10-16(25)22-21/h23H,10-15H2,1-9H3,(H,22,25). The minimum absolute atomic E-state index is 0.0104. The van der Waals surface area contributed by atoms with Gasteiger partial charge >= 0.3 is 0 Å². The van der Waals surface area contributed by atoms with Crippen LogP contribution in [0, 0.1) is 0 Å². The van der Waals surface area contributed by atoms with Gasteiger partial charge in [-0.15, -0.1) is 0 Å². The van der Waals surface area contributed by atoms with Crippen LogP contribution in [0.1, 0.15) is 93.9 Å². The Kier molecular flexibility index (Phi) is 5.62. The zero-order valence-corrected chi connectivity index (χ0v) is 18.5. The van der Waals surface area contributed by atoms with Crippen LogP contribution in [-0.2, 0) is 9.63 Å². The molecule has 0 aromatic rings. The van der Waals surface area contributed by atoms with Crippen molar-refractivity contribution in [3.8, 4) is 0 Å². The number of hydroxylamine groups is 2. The van der Waals surface area contributed by atoms with Gasteiger partial charge < -0.3 is 15.5 Å². The summed E-state index contributed by atoms with van der Waals surface area (Å²) in [6.45, 7) is 17.8. The lowest BCUT2D eigenvalue weighted by Gasteiger charge is -2.55. The smallest absolute Gasteiger partial charge is 0.220 e. The van der Waals surface area contributed by atoms with Crippen LogP contribution < -0.4 is 10.6 Å². The van der Waals surface area contributed by atoms with E-state index >= 15 is 0 Å². The molecule has 0 radical (unpaired) electrons. The molecule has 2 rings (SSSR count). The highest BCUT2D eigenvalue weighted by molar-refractivity contribution is 5.77. The van der Waals surface area contributed by atoms with Crippen molar-refractivity contribution in [2.24, 2.45) is 0 Å². The molecule has 26 heavy (non-hydrogen) atoms. The van der Waals surface area contributed by atoms with Gasteiger partial charge in [0.25, 0.3) is 0 Å². The molecule has 0 bridgehead atoms. The van der Waals surface area contributed by atoms with Gasteiger partial charge in [0.2, 0.25) is 5.91 Å². The number of carbonyl (C=O) groups excluding carboxylic acids is 1. The molecule has 0 aromatic heterocycles. The summed E-state index contributed by atoms with van der Waals surface area (Å²) in [4.78, 5) is 18.7. The third-order valence-electron chi connectivity index (χ3n) is 6.10. The lowest BCUT2D eigenvalue weighted by molar-refractivity contribution is -0.252. The van der Waals surface area contributed by atoms with Gasteiger partial charge in [0.15, 0.2) is 0 Å². The quantitative estimate of drug-likeness (QED) is 0.741. The molecule has 5 nitrogen and oxygen atoms in total. The molecule has 2 heterocycles. The van der Waals surface area contributed by atoms with Crippen LogP contribution in [0.4, 0.5) is 0 Å². The second-order valence-corrected chi connectivity index (χ2v) is 11.2. The molecular weight excluding hydrogens is 326 g/mol. The molecule has 0 saturated carbocycles. The monoisotopic (exact) mass is 367 g/mol. The molecule has 2 aliphatic rings. The van der Waals surface area contributed by atoms with Crippen LogP contribution in [-0.4, -0.2) is 45.8 Å². The number of piperidine rings is 1. The van der Waals surface area contributed by atoms with E-state index in [9.17, 15) is 4.79 Å². The lowest BCUT2D eigenvalue weighted by Crippen LogP contribution is -2.69. The fourth-order valence-corrected chi connectivity index (χ4v) is 5.93. The Morgan fingerprint density at radius 3 is 1.85 bits per heavy atom. The highest BCUT2D eigenvalue weighted by Gasteiger charge is 2.50. The van der Waals surface area contributed by atoms with E-state index in [-0.39, 0.29) is 33.6 Å². The van der Waals surface area contributed by atoms with Gasteiger partial charge in [-0.1, -0.05) is 0 Å². The Morgan fingerprint density at radius 2 is 1.35 bits per heavy atom. The summed E-state index contributed by atoms with van der Waals surface area (Å²) < 4.78 is 0. The van der Waals surface area contributed by atoms with E-state index in [1.165, 1.54) is 0 Å². The average Bonchev–Trinajstić information content (AvgIpc) is 2.39. The Bertz CT molecular complexity index is 521. The number of carbonyl (C=O) groups is 1. The second kappa shape index (κ2) is 6.75. The maximum absolute atomic E-state index is 12.8. The van der Waals surface area contributed by atoms with E-state index in [2.05, 4.69) is 71.1 Å². The Balaban J connectivity index is 2.38. The molecule has 5 heteroatoms. The minimum Gasteiger partial charge on any atom is -0.351 e. The largest absolute Gasteiger partial charge is 0.351 e. The Labute approximate surface area is 160 Å². The van der Waals surface area contributed by atoms with E-state index in [0.717, 1.165) is 32.1 Å². The number of hydrogen-bond acceptors (Lipinski definition) is 4. The van der Waals surface area contributed by atoms with Crippen LogP contribution in [0.2, 0.25) is 0 Å². The highest BCUT2D eigenvalue weighted by Crippen LogP contribution is 2.42. The molecule has 2 aliphatic heterocycles. The first kappa shape index (κ1) is 21.6. The molecule has 0 atom stereocenters. The molecular formula is C21H41N3O2. The summed E-state index contributed by atoms with van der Waals surface area (Å²) in [6, 6.07) is 0. The summed E-state index contributed by atoms with van der Waals surface area (Å²) in [5.74, 6) is 0.169. The zero-order chi connectivity index (χ0) is 20.0. The van der Waals surface area contributed by atoms with Gasteiger partial charge in [-0.25, -0.2) is 0 Å². The van der Waals surface area contributed by atoms with Crippen LogP contribution in [0.15, 0.2) is 0 Å². The molecule has 0 unspecified atom stereocenters. The summed E-state index contributed by atoms with van der Waals surface area (Å²) in [7, 11) is 1.75. The molecule has 0 aromatic carbocycles. The summed E-state index contributed by atoms with van der Waals surface area (Å²) >= 11 is 0. The maximum Gasteiger partial charge on any atom is 0.220 e. The molecule has 1 spiro atoms. The van der Waals surface area contributed by atoms with E-state index < -0.39 is 0 Å². The van der Waals surface area contributed by atoms with E-state index in [4.69, 9.17) is 4.84 Å². The van der Waals surface area contributed by atoms with Gasteiger partial charge in [0.05, 0.1) is 7.11 Å².